The van der Waals surface area contributed by atoms with E-state index in [9.17, 15) is 14.4 Å². The molecule has 9 nitrogen and oxygen atoms in total. The Morgan fingerprint density at radius 1 is 1.11 bits per heavy atom. The number of benzene rings is 2. The third kappa shape index (κ3) is 8.77. The predicted octanol–water partition coefficient (Wildman–Crippen LogP) is 6.83. The molecule has 2 heterocycles. The van der Waals surface area contributed by atoms with Gasteiger partial charge in [-0.3, -0.25) is 4.79 Å². The Balaban J connectivity index is 1.61. The van der Waals surface area contributed by atoms with E-state index in [0.717, 1.165) is 47.8 Å². The van der Waals surface area contributed by atoms with Crippen molar-refractivity contribution in [2.75, 3.05) is 43.7 Å². The molecule has 0 aliphatic carbocycles. The van der Waals surface area contributed by atoms with Gasteiger partial charge in [0, 0.05) is 10.6 Å². The van der Waals surface area contributed by atoms with Crippen LogP contribution in [-0.2, 0) is 19.1 Å². The van der Waals surface area contributed by atoms with Gasteiger partial charge in [-0.05, 0) is 105 Å². The van der Waals surface area contributed by atoms with Crippen LogP contribution in [0.15, 0.2) is 57.9 Å². The zero-order chi connectivity index (χ0) is 31.9. The van der Waals surface area contributed by atoms with Crippen LogP contribution in [0.25, 0.3) is 10.4 Å². The Bertz CT molecular complexity index is 1480. The van der Waals surface area contributed by atoms with E-state index in [0.29, 0.717) is 9.35 Å². The number of hydrogen-bond donors (Lipinski definition) is 3. The van der Waals surface area contributed by atoms with E-state index in [2.05, 4.69) is 31.9 Å². The monoisotopic (exact) mass is 703 g/mol. The van der Waals surface area contributed by atoms with Gasteiger partial charge >= 0.3 is 11.9 Å². The van der Waals surface area contributed by atoms with Gasteiger partial charge in [-0.1, -0.05) is 24.3 Å². The smallest absolute Gasteiger partial charge is 0.351 e. The summed E-state index contributed by atoms with van der Waals surface area (Å²) in [5, 5.41) is 10.0. The molecule has 0 spiro atoms. The third-order valence-corrected chi connectivity index (χ3v) is 9.90. The number of carbonyl (C=O) groups is 3. The summed E-state index contributed by atoms with van der Waals surface area (Å²) in [6.07, 6.45) is 3.72. The summed E-state index contributed by atoms with van der Waals surface area (Å²) in [5.41, 5.74) is 1.67. The molecule has 1 atom stereocenters. The maximum atomic E-state index is 13.7. The van der Waals surface area contributed by atoms with Crippen LogP contribution in [0.3, 0.4) is 0 Å². The topological polar surface area (TPSA) is 115 Å². The fraction of sp³-hybridized carbons (Fsp3) is 0.406. The molecule has 1 aliphatic heterocycles. The van der Waals surface area contributed by atoms with Crippen molar-refractivity contribution in [1.82, 2.24) is 5.32 Å². The van der Waals surface area contributed by atoms with Crippen molar-refractivity contribution in [3.63, 3.8) is 0 Å². The zero-order valence-corrected chi connectivity index (χ0v) is 28.7. The van der Waals surface area contributed by atoms with Crippen molar-refractivity contribution in [3.05, 3.63) is 57.9 Å². The molecule has 1 unspecified atom stereocenters. The normalized spacial score (nSPS) is 14.4. The molecular weight excluding hydrogens is 666 g/mol. The Labute approximate surface area is 274 Å². The molecule has 0 radical (unpaired) electrons. The van der Waals surface area contributed by atoms with Crippen molar-refractivity contribution >= 4 is 68.2 Å². The number of methoxy groups -OCH3 is 1. The molecule has 0 saturated carbocycles. The Hall–Kier alpha value is -3.06. The lowest BCUT2D eigenvalue weighted by Gasteiger charge is -2.31. The number of thioether (sulfide) groups is 1. The van der Waals surface area contributed by atoms with Crippen LogP contribution in [0.2, 0.25) is 0 Å². The Morgan fingerprint density at radius 3 is 2.52 bits per heavy atom. The van der Waals surface area contributed by atoms with Crippen molar-refractivity contribution in [1.29, 1.82) is 0 Å². The highest BCUT2D eigenvalue weighted by atomic mass is 79.9. The maximum Gasteiger partial charge on any atom is 0.351 e. The summed E-state index contributed by atoms with van der Waals surface area (Å²) in [7, 11) is 1.29. The predicted molar refractivity (Wildman–Crippen MR) is 180 cm³/mol. The van der Waals surface area contributed by atoms with E-state index in [1.165, 1.54) is 18.4 Å². The average molecular weight is 705 g/mol. The Kier molecular flexibility index (Phi) is 11.8. The minimum absolute atomic E-state index is 0.0908. The molecule has 1 saturated heterocycles. The summed E-state index contributed by atoms with van der Waals surface area (Å²) in [5.74, 6) is -0.883. The standard InChI is InChI=1S/C32H38BrN3O6S2/c1-32(2,3)42-24(37)18-41-27-25(33)28(44-29(27)31(39)40-4)20-9-8-10-21(17-20)35-26(19-13-15-34-16-14-19)30(38)36-22-11-6-7-12-23(22)43-5/h6-12,17,19,26,34-35H,13-16,18H2,1-5H3,(H,36,38). The molecule has 3 aromatic rings. The SMILES string of the molecule is COC(=O)c1sc(-c2cccc(NC(C(=O)Nc3ccccc3SC)C3CCNCC3)c2)c(Br)c1OCC(=O)OC(C)(C)C. The quantitative estimate of drug-likeness (QED) is 0.146. The maximum absolute atomic E-state index is 13.7. The molecule has 236 valence electrons. The molecule has 1 amide bonds. The molecule has 3 N–H and O–H groups in total. The highest BCUT2D eigenvalue weighted by Gasteiger charge is 2.31. The summed E-state index contributed by atoms with van der Waals surface area (Å²) in [6, 6.07) is 15.0. The van der Waals surface area contributed by atoms with Crippen LogP contribution in [0.4, 0.5) is 11.4 Å². The van der Waals surface area contributed by atoms with Gasteiger partial charge in [0.15, 0.2) is 17.2 Å². The van der Waals surface area contributed by atoms with Crippen molar-refractivity contribution in [2.45, 2.75) is 50.2 Å². The number of nitrogens with one attached hydrogen (secondary N) is 3. The number of halogens is 1. The molecule has 1 aromatic heterocycles. The number of amides is 1. The van der Waals surface area contributed by atoms with Crippen LogP contribution in [0, 0.1) is 5.92 Å². The molecule has 0 bridgehead atoms. The van der Waals surface area contributed by atoms with Gasteiger partial charge in [0.2, 0.25) is 5.91 Å². The molecule has 4 rings (SSSR count). The summed E-state index contributed by atoms with van der Waals surface area (Å²) in [6.45, 7) is 6.64. The molecular formula is C32H38BrN3O6S2. The average Bonchev–Trinajstić information content (AvgIpc) is 3.34. The van der Waals surface area contributed by atoms with E-state index in [4.69, 9.17) is 14.2 Å². The lowest BCUT2D eigenvalue weighted by molar-refractivity contribution is -0.157. The van der Waals surface area contributed by atoms with Gasteiger partial charge in [-0.2, -0.15) is 0 Å². The van der Waals surface area contributed by atoms with Crippen LogP contribution < -0.4 is 20.7 Å². The van der Waals surface area contributed by atoms with E-state index in [1.807, 2.05) is 54.8 Å². The van der Waals surface area contributed by atoms with Crippen LogP contribution in [0.5, 0.6) is 5.75 Å². The number of carbonyl (C=O) groups excluding carboxylic acids is 3. The Morgan fingerprint density at radius 2 is 1.84 bits per heavy atom. The number of thiophene rings is 1. The summed E-state index contributed by atoms with van der Waals surface area (Å²) >= 11 is 6.37. The second-order valence-corrected chi connectivity index (χ2v) is 13.9. The van der Waals surface area contributed by atoms with Gasteiger partial charge < -0.3 is 30.2 Å². The van der Waals surface area contributed by atoms with Gasteiger partial charge in [-0.15, -0.1) is 23.1 Å². The number of piperidine rings is 1. The first kappa shape index (κ1) is 33.8. The van der Waals surface area contributed by atoms with E-state index in [1.54, 1.807) is 32.5 Å². The molecule has 2 aromatic carbocycles. The number of hydrogen-bond acceptors (Lipinski definition) is 10. The number of rotatable bonds is 11. The second kappa shape index (κ2) is 15.3. The lowest BCUT2D eigenvalue weighted by Crippen LogP contribution is -2.45. The number of ether oxygens (including phenoxy) is 3. The van der Waals surface area contributed by atoms with E-state index < -0.39 is 23.6 Å². The molecule has 44 heavy (non-hydrogen) atoms. The number of esters is 2. The largest absolute Gasteiger partial charge is 0.479 e. The summed E-state index contributed by atoms with van der Waals surface area (Å²) < 4.78 is 16.7. The lowest BCUT2D eigenvalue weighted by atomic mass is 9.89. The molecule has 12 heteroatoms. The van der Waals surface area contributed by atoms with Gasteiger partial charge in [0.05, 0.1) is 22.1 Å². The van der Waals surface area contributed by atoms with Gasteiger partial charge in [0.1, 0.15) is 11.6 Å². The minimum atomic E-state index is -0.669. The zero-order valence-electron chi connectivity index (χ0n) is 25.5. The van der Waals surface area contributed by atoms with Crippen molar-refractivity contribution < 1.29 is 28.6 Å². The third-order valence-electron chi connectivity index (χ3n) is 6.88. The van der Waals surface area contributed by atoms with Crippen LogP contribution in [-0.4, -0.2) is 62.6 Å². The summed E-state index contributed by atoms with van der Waals surface area (Å²) in [4.78, 5) is 40.7. The first-order chi connectivity index (χ1) is 21.0. The molecule has 1 fully saturated rings. The second-order valence-electron chi connectivity index (χ2n) is 11.2. The van der Waals surface area contributed by atoms with Crippen LogP contribution >= 0.6 is 39.0 Å². The van der Waals surface area contributed by atoms with Gasteiger partial charge in [-0.25, -0.2) is 9.59 Å². The minimum Gasteiger partial charge on any atom is -0.479 e. The van der Waals surface area contributed by atoms with E-state index >= 15 is 0 Å². The number of anilines is 2. The fourth-order valence-corrected chi connectivity index (χ4v) is 7.42. The fourth-order valence-electron chi connectivity index (χ4n) is 4.90. The van der Waals surface area contributed by atoms with Gasteiger partial charge in [0.25, 0.3) is 0 Å². The van der Waals surface area contributed by atoms with Crippen molar-refractivity contribution in [3.8, 4) is 16.2 Å². The van der Waals surface area contributed by atoms with Crippen LogP contribution in [0.1, 0.15) is 43.3 Å². The highest BCUT2D eigenvalue weighted by molar-refractivity contribution is 9.10. The first-order valence-corrected chi connectivity index (χ1v) is 17.1. The highest BCUT2D eigenvalue weighted by Crippen LogP contribution is 2.46. The number of para-hydroxylation sites is 1. The van der Waals surface area contributed by atoms with Crippen molar-refractivity contribution in [2.24, 2.45) is 5.92 Å². The molecule has 1 aliphatic rings. The first-order valence-electron chi connectivity index (χ1n) is 14.3. The van der Waals surface area contributed by atoms with E-state index in [-0.39, 0.29) is 29.1 Å².